The zero-order valence-electron chi connectivity index (χ0n) is 23.1. The summed E-state index contributed by atoms with van der Waals surface area (Å²) < 4.78 is 31.7. The minimum absolute atomic E-state index is 0.0757. The van der Waals surface area contributed by atoms with E-state index in [1.807, 2.05) is 0 Å². The summed E-state index contributed by atoms with van der Waals surface area (Å²) in [5.41, 5.74) is 3.35. The Labute approximate surface area is 236 Å². The Morgan fingerprint density at radius 3 is 2.05 bits per heavy atom. The second-order valence-electron chi connectivity index (χ2n) is 9.40. The Kier molecular flexibility index (Phi) is 13.1. The maximum Gasteiger partial charge on any atom is 0.490 e. The third kappa shape index (κ3) is 12.3. The molecule has 0 aromatic heterocycles. The molecule has 2 aromatic rings. The third-order valence-electron chi connectivity index (χ3n) is 6.05. The van der Waals surface area contributed by atoms with Crippen LogP contribution in [0.15, 0.2) is 53.5 Å². The topological polar surface area (TPSA) is 135 Å². The van der Waals surface area contributed by atoms with Gasteiger partial charge in [0.05, 0.1) is 18.7 Å². The molecule has 1 saturated heterocycles. The fourth-order valence-electron chi connectivity index (χ4n) is 3.68. The average Bonchev–Trinajstić information content (AvgIpc) is 2.92. The summed E-state index contributed by atoms with van der Waals surface area (Å²) in [6.07, 6.45) is -3.02. The molecule has 0 saturated carbocycles. The van der Waals surface area contributed by atoms with E-state index in [0.29, 0.717) is 13.1 Å². The number of carboxylic acid groups (broad SMARTS) is 2. The fraction of sp³-hybridized carbons (Fsp3) is 0.429. The molecule has 0 radical (unpaired) electrons. The number of rotatable bonds is 9. The van der Waals surface area contributed by atoms with E-state index in [-0.39, 0.29) is 11.5 Å². The van der Waals surface area contributed by atoms with Gasteiger partial charge < -0.3 is 25.7 Å². The van der Waals surface area contributed by atoms with E-state index < -0.39 is 18.1 Å². The fourth-order valence-corrected chi connectivity index (χ4v) is 3.68. The van der Waals surface area contributed by atoms with Gasteiger partial charge in [-0.1, -0.05) is 43.2 Å². The Morgan fingerprint density at radius 2 is 1.54 bits per heavy atom. The van der Waals surface area contributed by atoms with Crippen LogP contribution in [-0.2, 0) is 16.1 Å². The van der Waals surface area contributed by atoms with Crippen LogP contribution in [0.2, 0.25) is 0 Å². The number of piperazine rings is 1. The van der Waals surface area contributed by atoms with Crippen LogP contribution in [0.25, 0.3) is 0 Å². The number of anilines is 1. The van der Waals surface area contributed by atoms with Crippen molar-refractivity contribution >= 4 is 29.5 Å². The second kappa shape index (κ2) is 16.2. The van der Waals surface area contributed by atoms with Crippen LogP contribution in [0.4, 0.5) is 18.9 Å². The Morgan fingerprint density at radius 1 is 0.951 bits per heavy atom. The van der Waals surface area contributed by atoms with Gasteiger partial charge in [-0.15, -0.1) is 0 Å². The van der Waals surface area contributed by atoms with Crippen LogP contribution < -0.4 is 10.6 Å². The molecule has 41 heavy (non-hydrogen) atoms. The van der Waals surface area contributed by atoms with E-state index in [9.17, 15) is 22.8 Å². The van der Waals surface area contributed by atoms with Crippen molar-refractivity contribution in [2.24, 2.45) is 4.99 Å². The number of carbonyl (C=O) groups excluding carboxylic acids is 1. The quantitative estimate of drug-likeness (QED) is 0.200. The molecule has 3 rings (SSSR count). The normalized spacial score (nSPS) is 14.1. The van der Waals surface area contributed by atoms with E-state index in [0.717, 1.165) is 62.8 Å². The summed E-state index contributed by atoms with van der Waals surface area (Å²) in [6.45, 7) is 8.88. The summed E-state index contributed by atoms with van der Waals surface area (Å²) in [6, 6.07) is 15.0. The van der Waals surface area contributed by atoms with Gasteiger partial charge in [-0.05, 0) is 43.2 Å². The first kappa shape index (κ1) is 33.1. The number of nitrogens with one attached hydrogen (secondary N) is 2. The van der Waals surface area contributed by atoms with Crippen LogP contribution in [-0.4, -0.2) is 89.3 Å². The number of guanidine groups is 1. The molecular weight excluding hydrogens is 543 g/mol. The van der Waals surface area contributed by atoms with Crippen molar-refractivity contribution in [1.82, 2.24) is 15.1 Å². The van der Waals surface area contributed by atoms with Crippen molar-refractivity contribution in [2.75, 3.05) is 44.6 Å². The van der Waals surface area contributed by atoms with E-state index in [4.69, 9.17) is 20.0 Å². The molecule has 0 spiro atoms. The standard InChI is InChI=1S/C26H35N5O3.C2HF3O2/c1-3-4-13-27-24(32)19-30-14-16-31(17-15-30)26(28-18-21-7-5-20(2)6-8-21)29-23-11-9-22(10-12-23)25(33)34;3-2(4,5)1(6)7/h5-12H,3-4,13-19H2,1-2H3,(H,27,32)(H,28,29)(H,33,34);(H,6,7). The van der Waals surface area contributed by atoms with Crippen LogP contribution in [0.3, 0.4) is 0 Å². The van der Waals surface area contributed by atoms with Gasteiger partial charge in [-0.2, -0.15) is 13.2 Å². The summed E-state index contributed by atoms with van der Waals surface area (Å²) in [5.74, 6) is -2.88. The first-order valence-electron chi connectivity index (χ1n) is 13.1. The minimum Gasteiger partial charge on any atom is -0.478 e. The van der Waals surface area contributed by atoms with Crippen LogP contribution in [0.5, 0.6) is 0 Å². The smallest absolute Gasteiger partial charge is 0.478 e. The van der Waals surface area contributed by atoms with Gasteiger partial charge >= 0.3 is 18.1 Å². The molecular formula is C28H36F3N5O5. The number of hydrogen-bond acceptors (Lipinski definition) is 5. The van der Waals surface area contributed by atoms with Crippen LogP contribution in [0, 0.1) is 6.92 Å². The van der Waals surface area contributed by atoms with Crippen molar-refractivity contribution in [2.45, 2.75) is 39.4 Å². The van der Waals surface area contributed by atoms with Gasteiger partial charge in [0.25, 0.3) is 0 Å². The van der Waals surface area contributed by atoms with Crippen LogP contribution in [0.1, 0.15) is 41.3 Å². The molecule has 224 valence electrons. The van der Waals surface area contributed by atoms with Gasteiger partial charge in [0, 0.05) is 38.4 Å². The van der Waals surface area contributed by atoms with Crippen molar-refractivity contribution in [3.05, 3.63) is 65.2 Å². The van der Waals surface area contributed by atoms with Gasteiger partial charge in [0.2, 0.25) is 5.91 Å². The molecule has 0 atom stereocenters. The number of amides is 1. The predicted molar refractivity (Wildman–Crippen MR) is 149 cm³/mol. The Hall–Kier alpha value is -4.13. The number of halogens is 3. The predicted octanol–water partition coefficient (Wildman–Crippen LogP) is 3.83. The number of unbranched alkanes of at least 4 members (excludes halogenated alkanes) is 1. The van der Waals surface area contributed by atoms with Crippen molar-refractivity contribution in [3.63, 3.8) is 0 Å². The van der Waals surface area contributed by atoms with Crippen molar-refractivity contribution in [3.8, 4) is 0 Å². The number of aliphatic carboxylic acids is 1. The van der Waals surface area contributed by atoms with Gasteiger partial charge in [-0.3, -0.25) is 9.69 Å². The first-order chi connectivity index (χ1) is 19.4. The molecule has 0 unspecified atom stereocenters. The molecule has 1 heterocycles. The zero-order chi connectivity index (χ0) is 30.4. The molecule has 1 aliphatic rings. The zero-order valence-corrected chi connectivity index (χ0v) is 23.1. The molecule has 2 aromatic carbocycles. The van der Waals surface area contributed by atoms with E-state index in [2.05, 4.69) is 58.5 Å². The number of hydrogen-bond donors (Lipinski definition) is 4. The molecule has 4 N–H and O–H groups in total. The van der Waals surface area contributed by atoms with Crippen molar-refractivity contribution < 1.29 is 37.8 Å². The van der Waals surface area contributed by atoms with Gasteiger partial charge in [-0.25, -0.2) is 14.6 Å². The number of aryl methyl sites for hydroxylation is 1. The van der Waals surface area contributed by atoms with E-state index >= 15 is 0 Å². The number of nitrogens with zero attached hydrogens (tertiary/aromatic N) is 3. The Balaban J connectivity index is 0.000000745. The lowest BCUT2D eigenvalue weighted by Gasteiger charge is -2.36. The second-order valence-corrected chi connectivity index (χ2v) is 9.40. The summed E-state index contributed by atoms with van der Waals surface area (Å²) in [7, 11) is 0. The minimum atomic E-state index is -5.08. The van der Waals surface area contributed by atoms with E-state index in [1.165, 1.54) is 5.56 Å². The number of benzene rings is 2. The largest absolute Gasteiger partial charge is 0.490 e. The average molecular weight is 580 g/mol. The molecule has 13 heteroatoms. The highest BCUT2D eigenvalue weighted by molar-refractivity contribution is 5.94. The van der Waals surface area contributed by atoms with Gasteiger partial charge in [0.1, 0.15) is 0 Å². The SMILES string of the molecule is CCCCNC(=O)CN1CCN(C(=NCc2ccc(C)cc2)Nc2ccc(C(=O)O)cc2)CC1.O=C(O)C(F)(F)F. The molecule has 0 bridgehead atoms. The molecule has 10 nitrogen and oxygen atoms in total. The molecule has 1 amide bonds. The molecule has 1 aliphatic heterocycles. The molecule has 0 aliphatic carbocycles. The Bertz CT molecular complexity index is 1160. The van der Waals surface area contributed by atoms with Crippen LogP contribution >= 0.6 is 0 Å². The number of carbonyl (C=O) groups is 3. The lowest BCUT2D eigenvalue weighted by atomic mass is 10.1. The number of aliphatic imine (C=N–C) groups is 1. The van der Waals surface area contributed by atoms with Gasteiger partial charge in [0.15, 0.2) is 5.96 Å². The lowest BCUT2D eigenvalue weighted by molar-refractivity contribution is -0.192. The monoisotopic (exact) mass is 579 g/mol. The maximum absolute atomic E-state index is 12.2. The first-order valence-corrected chi connectivity index (χ1v) is 13.1. The van der Waals surface area contributed by atoms with Crippen molar-refractivity contribution in [1.29, 1.82) is 0 Å². The number of carboxylic acids is 2. The number of alkyl halides is 3. The highest BCUT2D eigenvalue weighted by Gasteiger charge is 2.38. The molecule has 1 fully saturated rings. The highest BCUT2D eigenvalue weighted by atomic mass is 19.4. The lowest BCUT2D eigenvalue weighted by Crippen LogP contribution is -2.52. The highest BCUT2D eigenvalue weighted by Crippen LogP contribution is 2.14. The van der Waals surface area contributed by atoms with E-state index in [1.54, 1.807) is 24.3 Å². The third-order valence-corrected chi connectivity index (χ3v) is 6.05. The number of aromatic carboxylic acids is 1. The summed E-state index contributed by atoms with van der Waals surface area (Å²) >= 11 is 0. The summed E-state index contributed by atoms with van der Waals surface area (Å²) in [4.78, 5) is 41.4. The maximum atomic E-state index is 12.2. The summed E-state index contributed by atoms with van der Waals surface area (Å²) in [5, 5.41) is 22.6.